The van der Waals surface area contributed by atoms with Crippen LogP contribution in [-0.2, 0) is 16.0 Å². The predicted octanol–water partition coefficient (Wildman–Crippen LogP) is 1.65. The van der Waals surface area contributed by atoms with E-state index in [0.717, 1.165) is 11.1 Å². The molecular formula is C14H14N3O4-. The Balaban J connectivity index is 1.99. The monoisotopic (exact) mass is 288 g/mol. The number of hydrogen-bond acceptors (Lipinski definition) is 6. The lowest BCUT2D eigenvalue weighted by atomic mass is 10.1. The van der Waals surface area contributed by atoms with E-state index in [-0.39, 0.29) is 29.2 Å². The number of aromatic nitrogens is 2. The molecular weight excluding hydrogens is 274 g/mol. The van der Waals surface area contributed by atoms with Gasteiger partial charge in [-0.3, -0.25) is 10.0 Å². The Labute approximate surface area is 120 Å². The lowest BCUT2D eigenvalue weighted by molar-refractivity contribution is -0.147. The lowest BCUT2D eigenvalue weighted by Gasteiger charge is -2.22. The first-order valence-electron chi connectivity index (χ1n) is 6.51. The minimum absolute atomic E-state index is 0.110. The Kier molecular flexibility index (Phi) is 3.36. The van der Waals surface area contributed by atoms with Crippen molar-refractivity contribution in [1.82, 2.24) is 9.55 Å². The Morgan fingerprint density at radius 2 is 2.29 bits per heavy atom. The van der Waals surface area contributed by atoms with Gasteiger partial charge < -0.3 is 19.7 Å². The first kappa shape index (κ1) is 13.6. The number of fused-ring (bicyclic) bond motifs is 1. The van der Waals surface area contributed by atoms with Crippen molar-refractivity contribution in [3.63, 3.8) is 0 Å². The van der Waals surface area contributed by atoms with Gasteiger partial charge in [0, 0.05) is 19.5 Å². The van der Waals surface area contributed by atoms with Gasteiger partial charge in [-0.15, -0.1) is 0 Å². The summed E-state index contributed by atoms with van der Waals surface area (Å²) < 4.78 is 7.07. The number of carbonyl (C=O) groups is 1. The van der Waals surface area contributed by atoms with Crippen molar-refractivity contribution in [3.8, 4) is 0 Å². The van der Waals surface area contributed by atoms with Crippen LogP contribution in [0.5, 0.6) is 0 Å². The Hall–Kier alpha value is -2.38. The third-order valence-electron chi connectivity index (χ3n) is 3.57. The molecule has 1 aromatic heterocycles. The van der Waals surface area contributed by atoms with Crippen LogP contribution in [0.2, 0.25) is 0 Å². The Bertz CT molecular complexity index is 668. The van der Waals surface area contributed by atoms with Gasteiger partial charge in [0.05, 0.1) is 12.4 Å². The maximum atomic E-state index is 11.3. The van der Waals surface area contributed by atoms with E-state index in [1.165, 1.54) is 19.4 Å². The van der Waals surface area contributed by atoms with Crippen LogP contribution in [0.1, 0.15) is 24.1 Å². The third kappa shape index (κ3) is 2.48. The van der Waals surface area contributed by atoms with E-state index in [4.69, 9.17) is 9.94 Å². The van der Waals surface area contributed by atoms with Gasteiger partial charge in [0.15, 0.2) is 5.82 Å². The summed E-state index contributed by atoms with van der Waals surface area (Å²) in [6, 6.07) is 7.52. The topological polar surface area (TPSA) is 90.7 Å². The van der Waals surface area contributed by atoms with E-state index in [9.17, 15) is 10.0 Å². The quantitative estimate of drug-likeness (QED) is 0.682. The van der Waals surface area contributed by atoms with Gasteiger partial charge in [-0.1, -0.05) is 24.3 Å². The summed E-state index contributed by atoms with van der Waals surface area (Å²) >= 11 is 0. The molecule has 0 amide bonds. The van der Waals surface area contributed by atoms with E-state index < -0.39 is 0 Å². The fourth-order valence-corrected chi connectivity index (χ4v) is 2.79. The second-order valence-electron chi connectivity index (χ2n) is 4.95. The third-order valence-corrected chi connectivity index (χ3v) is 3.57. The van der Waals surface area contributed by atoms with Crippen molar-refractivity contribution in [2.24, 2.45) is 0 Å². The number of ether oxygens (including phenoxy) is 1. The minimum atomic E-state index is -0.360. The van der Waals surface area contributed by atoms with Gasteiger partial charge in [-0.25, -0.2) is 4.98 Å². The Morgan fingerprint density at radius 1 is 1.52 bits per heavy atom. The van der Waals surface area contributed by atoms with Gasteiger partial charge >= 0.3 is 5.97 Å². The molecule has 21 heavy (non-hydrogen) atoms. The van der Waals surface area contributed by atoms with E-state index in [2.05, 4.69) is 4.98 Å². The smallest absolute Gasteiger partial charge is 0.302 e. The van der Waals surface area contributed by atoms with Crippen LogP contribution in [-0.4, -0.2) is 26.8 Å². The molecule has 7 nitrogen and oxygen atoms in total. The van der Waals surface area contributed by atoms with E-state index >= 15 is 0 Å². The summed E-state index contributed by atoms with van der Waals surface area (Å²) in [6.07, 6.45) is 3.12. The molecule has 1 aliphatic rings. The molecule has 7 heteroatoms. The number of nitrogens with zero attached hydrogens (tertiary/aromatic N) is 3. The van der Waals surface area contributed by atoms with Crippen LogP contribution in [0, 0.1) is 5.21 Å². The molecule has 0 radical (unpaired) electrons. The molecule has 0 saturated heterocycles. The highest BCUT2D eigenvalue weighted by Crippen LogP contribution is 2.36. The Morgan fingerprint density at radius 3 is 2.95 bits per heavy atom. The SMILES string of the molecule is CC(=O)O[C@@H]1Cc2ccccc2C1n1cnc(N([O-])O)c1. The molecule has 110 valence electrons. The molecule has 0 spiro atoms. The van der Waals surface area contributed by atoms with Gasteiger partial charge in [0.1, 0.15) is 6.10 Å². The van der Waals surface area contributed by atoms with Crippen LogP contribution in [0.4, 0.5) is 5.82 Å². The fraction of sp³-hybridized carbons (Fsp3) is 0.286. The zero-order valence-corrected chi connectivity index (χ0v) is 11.3. The van der Waals surface area contributed by atoms with Crippen LogP contribution in [0.25, 0.3) is 0 Å². The van der Waals surface area contributed by atoms with Crippen LogP contribution in [0.3, 0.4) is 0 Å². The molecule has 0 fully saturated rings. The minimum Gasteiger partial charge on any atom is -0.732 e. The van der Waals surface area contributed by atoms with Crippen molar-refractivity contribution in [2.75, 3.05) is 5.23 Å². The first-order valence-corrected chi connectivity index (χ1v) is 6.51. The lowest BCUT2D eigenvalue weighted by Crippen LogP contribution is -2.25. The molecule has 2 aromatic rings. The maximum absolute atomic E-state index is 11.3. The zero-order chi connectivity index (χ0) is 15.0. The predicted molar refractivity (Wildman–Crippen MR) is 73.7 cm³/mol. The molecule has 1 unspecified atom stereocenters. The zero-order valence-electron chi connectivity index (χ0n) is 11.3. The van der Waals surface area contributed by atoms with Gasteiger partial charge in [-0.2, -0.15) is 0 Å². The number of hydrogen-bond donors (Lipinski definition) is 1. The van der Waals surface area contributed by atoms with Crippen molar-refractivity contribution in [2.45, 2.75) is 25.5 Å². The van der Waals surface area contributed by atoms with Crippen LogP contribution in [0.15, 0.2) is 36.8 Å². The molecule has 1 N–H and O–H groups in total. The van der Waals surface area contributed by atoms with Crippen molar-refractivity contribution < 1.29 is 14.7 Å². The first-order chi connectivity index (χ1) is 10.1. The number of rotatable bonds is 3. The van der Waals surface area contributed by atoms with Crippen molar-refractivity contribution in [1.29, 1.82) is 0 Å². The molecule has 0 bridgehead atoms. The number of imidazole rings is 1. The average molecular weight is 288 g/mol. The molecule has 0 saturated carbocycles. The van der Waals surface area contributed by atoms with E-state index in [1.807, 2.05) is 24.3 Å². The molecule has 0 aliphatic heterocycles. The highest BCUT2D eigenvalue weighted by molar-refractivity contribution is 5.66. The van der Waals surface area contributed by atoms with E-state index in [0.29, 0.717) is 6.42 Å². The summed E-state index contributed by atoms with van der Waals surface area (Å²) in [5.74, 6) is -0.466. The summed E-state index contributed by atoms with van der Waals surface area (Å²) in [6.45, 7) is 1.37. The molecule has 2 atom stereocenters. The summed E-state index contributed by atoms with van der Waals surface area (Å²) in [5.41, 5.74) is 2.11. The van der Waals surface area contributed by atoms with Crippen LogP contribution >= 0.6 is 0 Å². The number of anilines is 1. The molecule has 1 aromatic carbocycles. The highest BCUT2D eigenvalue weighted by atomic mass is 16.8. The van der Waals surface area contributed by atoms with E-state index in [1.54, 1.807) is 4.57 Å². The van der Waals surface area contributed by atoms with Gasteiger partial charge in [0.2, 0.25) is 0 Å². The van der Waals surface area contributed by atoms with Gasteiger partial charge in [-0.05, 0) is 11.1 Å². The van der Waals surface area contributed by atoms with Crippen LogP contribution < -0.4 is 5.23 Å². The largest absolute Gasteiger partial charge is 0.732 e. The summed E-state index contributed by atoms with van der Waals surface area (Å²) in [5, 5.41) is 19.5. The molecule has 3 rings (SSSR count). The average Bonchev–Trinajstić information content (AvgIpc) is 3.01. The van der Waals surface area contributed by atoms with Crippen molar-refractivity contribution >= 4 is 11.8 Å². The normalized spacial score (nSPS) is 20.1. The standard InChI is InChI=1S/C14H14N3O4/c1-9(18)21-12-6-10-4-2-3-5-11(10)14(12)16-7-13(15-8-16)17(19)20/h2-5,7-8,12,14,19H,6H2,1H3/q-1/t12-,14?/m1/s1. The second kappa shape index (κ2) is 5.19. The summed E-state index contributed by atoms with van der Waals surface area (Å²) in [4.78, 5) is 15.1. The van der Waals surface area contributed by atoms with Gasteiger partial charge in [0.25, 0.3) is 0 Å². The molecule has 1 aliphatic carbocycles. The van der Waals surface area contributed by atoms with Crippen molar-refractivity contribution in [3.05, 3.63) is 53.1 Å². The number of esters is 1. The number of carbonyl (C=O) groups excluding carboxylic acids is 1. The maximum Gasteiger partial charge on any atom is 0.302 e. The molecule has 1 heterocycles. The fourth-order valence-electron chi connectivity index (χ4n) is 2.79. The number of benzene rings is 1. The second-order valence-corrected chi connectivity index (χ2v) is 4.95. The highest BCUT2D eigenvalue weighted by Gasteiger charge is 2.35. The summed E-state index contributed by atoms with van der Waals surface area (Å²) in [7, 11) is 0.